The molecule has 0 atom stereocenters. The molecular weight excluding hydrogens is 333 g/mol. The van der Waals surface area contributed by atoms with E-state index in [9.17, 15) is 13.2 Å². The van der Waals surface area contributed by atoms with E-state index < -0.39 is 11.1 Å². The summed E-state index contributed by atoms with van der Waals surface area (Å²) in [5.41, 5.74) is 1.02. The molecule has 1 fully saturated rings. The quantitative estimate of drug-likeness (QED) is 0.852. The number of piperazine rings is 1. The minimum atomic E-state index is -4.29. The molecule has 2 aromatic heterocycles. The molecular formula is C13H15F3N4S2. The Morgan fingerprint density at radius 3 is 2.50 bits per heavy atom. The van der Waals surface area contributed by atoms with Crippen LogP contribution in [0, 0.1) is 6.92 Å². The third kappa shape index (κ3) is 3.58. The Morgan fingerprint density at radius 2 is 1.95 bits per heavy atom. The molecule has 0 saturated carbocycles. The van der Waals surface area contributed by atoms with Crippen LogP contribution in [0.15, 0.2) is 11.6 Å². The minimum Gasteiger partial charge on any atom is -0.346 e. The summed E-state index contributed by atoms with van der Waals surface area (Å²) in [4.78, 5) is 12.1. The van der Waals surface area contributed by atoms with Crippen LogP contribution in [0.5, 0.6) is 0 Å². The van der Waals surface area contributed by atoms with Crippen molar-refractivity contribution in [3.05, 3.63) is 27.2 Å². The fourth-order valence-corrected chi connectivity index (χ4v) is 3.97. The van der Waals surface area contributed by atoms with Crippen LogP contribution in [0.3, 0.4) is 0 Å². The van der Waals surface area contributed by atoms with Gasteiger partial charge in [-0.1, -0.05) is 0 Å². The number of aromatic nitrogens is 2. The Morgan fingerprint density at radius 1 is 1.23 bits per heavy atom. The number of hydrogen-bond acceptors (Lipinski definition) is 6. The van der Waals surface area contributed by atoms with Crippen molar-refractivity contribution in [3.8, 4) is 0 Å². The lowest BCUT2D eigenvalue weighted by Gasteiger charge is -2.34. The molecule has 0 unspecified atom stereocenters. The molecule has 3 rings (SSSR count). The van der Waals surface area contributed by atoms with Gasteiger partial charge in [0.2, 0.25) is 0 Å². The van der Waals surface area contributed by atoms with Gasteiger partial charge in [0.25, 0.3) is 0 Å². The van der Waals surface area contributed by atoms with Crippen molar-refractivity contribution in [2.45, 2.75) is 19.6 Å². The highest BCUT2D eigenvalue weighted by Crippen LogP contribution is 2.33. The highest BCUT2D eigenvalue weighted by Gasteiger charge is 2.33. The first kappa shape index (κ1) is 15.7. The van der Waals surface area contributed by atoms with Gasteiger partial charge in [-0.2, -0.15) is 13.2 Å². The van der Waals surface area contributed by atoms with Crippen LogP contribution in [-0.4, -0.2) is 41.0 Å². The molecule has 22 heavy (non-hydrogen) atoms. The van der Waals surface area contributed by atoms with Crippen molar-refractivity contribution < 1.29 is 13.2 Å². The molecule has 0 N–H and O–H groups in total. The van der Waals surface area contributed by atoms with Crippen LogP contribution in [0.25, 0.3) is 0 Å². The van der Waals surface area contributed by atoms with E-state index in [2.05, 4.69) is 19.8 Å². The molecule has 0 aliphatic carbocycles. The Kier molecular flexibility index (Phi) is 4.37. The van der Waals surface area contributed by atoms with Crippen molar-refractivity contribution in [2.24, 2.45) is 0 Å². The van der Waals surface area contributed by atoms with E-state index in [1.54, 1.807) is 11.3 Å². The predicted octanol–water partition coefficient (Wildman–Crippen LogP) is 3.25. The van der Waals surface area contributed by atoms with Crippen molar-refractivity contribution in [2.75, 3.05) is 31.1 Å². The second kappa shape index (κ2) is 6.13. The zero-order valence-corrected chi connectivity index (χ0v) is 13.6. The molecule has 3 heterocycles. The molecule has 1 aliphatic heterocycles. The van der Waals surface area contributed by atoms with Crippen molar-refractivity contribution >= 4 is 27.8 Å². The van der Waals surface area contributed by atoms with Gasteiger partial charge in [-0.15, -0.1) is 22.7 Å². The smallest absolute Gasteiger partial charge is 0.346 e. The van der Waals surface area contributed by atoms with E-state index in [1.165, 1.54) is 0 Å². The highest BCUT2D eigenvalue weighted by molar-refractivity contribution is 7.13. The summed E-state index contributed by atoms with van der Waals surface area (Å²) in [6.07, 6.45) is -3.37. The molecule has 2 aromatic rings. The number of hydrogen-bond donors (Lipinski definition) is 0. The molecule has 0 amide bonds. The first-order chi connectivity index (χ1) is 10.4. The summed E-state index contributed by atoms with van der Waals surface area (Å²) >= 11 is 2.36. The number of thiazole rings is 2. The average molecular weight is 348 g/mol. The summed E-state index contributed by atoms with van der Waals surface area (Å²) in [6, 6.07) is 0. The lowest BCUT2D eigenvalue weighted by molar-refractivity contribution is -0.134. The third-order valence-corrected chi connectivity index (χ3v) is 5.49. The van der Waals surface area contributed by atoms with Crippen LogP contribution in [-0.2, 0) is 12.7 Å². The monoisotopic (exact) mass is 348 g/mol. The standard InChI is InChI=1S/C13H15F3N4S2/c1-9-8-21-12(18-9)20-4-2-19(3-5-20)7-11-17-6-10(22-11)13(14,15)16/h6,8H,2-5,7H2,1H3. The van der Waals surface area contributed by atoms with Crippen LogP contribution in [0.2, 0.25) is 0 Å². The SMILES string of the molecule is Cc1csc(N2CCN(Cc3ncc(C(F)(F)F)s3)CC2)n1. The van der Waals surface area contributed by atoms with Crippen LogP contribution in [0.4, 0.5) is 18.3 Å². The zero-order chi connectivity index (χ0) is 15.7. The van der Waals surface area contributed by atoms with Crippen LogP contribution < -0.4 is 4.90 Å². The van der Waals surface area contributed by atoms with Gasteiger partial charge >= 0.3 is 6.18 Å². The normalized spacial score (nSPS) is 17.2. The maximum atomic E-state index is 12.6. The Labute approximate surface area is 134 Å². The molecule has 0 aromatic carbocycles. The summed E-state index contributed by atoms with van der Waals surface area (Å²) in [5.74, 6) is 0. The van der Waals surface area contributed by atoms with E-state index in [0.717, 1.165) is 54.5 Å². The lowest BCUT2D eigenvalue weighted by atomic mass is 10.3. The summed E-state index contributed by atoms with van der Waals surface area (Å²) in [5, 5.41) is 3.56. The summed E-state index contributed by atoms with van der Waals surface area (Å²) in [6.45, 7) is 5.73. The van der Waals surface area contributed by atoms with E-state index in [0.29, 0.717) is 11.6 Å². The zero-order valence-electron chi connectivity index (χ0n) is 11.9. The topological polar surface area (TPSA) is 32.3 Å². The molecule has 9 heteroatoms. The first-order valence-corrected chi connectivity index (χ1v) is 8.53. The molecule has 4 nitrogen and oxygen atoms in total. The fourth-order valence-electron chi connectivity index (χ4n) is 2.29. The molecule has 0 spiro atoms. The van der Waals surface area contributed by atoms with Gasteiger partial charge in [-0.25, -0.2) is 9.97 Å². The molecule has 0 radical (unpaired) electrons. The summed E-state index contributed by atoms with van der Waals surface area (Å²) in [7, 11) is 0. The van der Waals surface area contributed by atoms with Gasteiger partial charge in [0.05, 0.1) is 18.4 Å². The number of anilines is 1. The predicted molar refractivity (Wildman–Crippen MR) is 81.5 cm³/mol. The van der Waals surface area contributed by atoms with Gasteiger partial charge in [-0.05, 0) is 6.92 Å². The minimum absolute atomic E-state index is 0.478. The fraction of sp³-hybridized carbons (Fsp3) is 0.538. The Hall–Kier alpha value is -1.19. The second-order valence-electron chi connectivity index (χ2n) is 5.15. The summed E-state index contributed by atoms with van der Waals surface area (Å²) < 4.78 is 37.7. The van der Waals surface area contributed by atoms with Gasteiger partial charge in [0.15, 0.2) is 5.13 Å². The van der Waals surface area contributed by atoms with Crippen LogP contribution in [0.1, 0.15) is 15.6 Å². The van der Waals surface area contributed by atoms with Gasteiger partial charge < -0.3 is 4.90 Å². The second-order valence-corrected chi connectivity index (χ2v) is 7.10. The van der Waals surface area contributed by atoms with E-state index in [-0.39, 0.29) is 0 Å². The van der Waals surface area contributed by atoms with Gasteiger partial charge in [0, 0.05) is 31.6 Å². The largest absolute Gasteiger partial charge is 0.427 e. The highest BCUT2D eigenvalue weighted by atomic mass is 32.1. The molecule has 1 saturated heterocycles. The van der Waals surface area contributed by atoms with E-state index in [4.69, 9.17) is 0 Å². The number of halogens is 3. The third-order valence-electron chi connectivity index (χ3n) is 3.44. The molecule has 0 bridgehead atoms. The number of alkyl halides is 3. The number of nitrogens with zero attached hydrogens (tertiary/aromatic N) is 4. The maximum Gasteiger partial charge on any atom is 0.427 e. The van der Waals surface area contributed by atoms with Crippen molar-refractivity contribution in [3.63, 3.8) is 0 Å². The van der Waals surface area contributed by atoms with E-state index in [1.807, 2.05) is 12.3 Å². The van der Waals surface area contributed by atoms with Crippen LogP contribution >= 0.6 is 22.7 Å². The number of aryl methyl sites for hydroxylation is 1. The van der Waals surface area contributed by atoms with E-state index >= 15 is 0 Å². The first-order valence-electron chi connectivity index (χ1n) is 6.83. The Balaban J connectivity index is 1.55. The Bertz CT molecular complexity index is 629. The average Bonchev–Trinajstić information content (AvgIpc) is 3.08. The number of rotatable bonds is 3. The molecule has 120 valence electrons. The lowest BCUT2D eigenvalue weighted by Crippen LogP contribution is -2.45. The van der Waals surface area contributed by atoms with Crippen molar-refractivity contribution in [1.29, 1.82) is 0 Å². The maximum absolute atomic E-state index is 12.6. The van der Waals surface area contributed by atoms with Crippen molar-refractivity contribution in [1.82, 2.24) is 14.9 Å². The van der Waals surface area contributed by atoms with Gasteiger partial charge in [0.1, 0.15) is 9.88 Å². The molecule has 1 aliphatic rings. The van der Waals surface area contributed by atoms with Gasteiger partial charge in [-0.3, -0.25) is 4.90 Å².